The number of aromatic carboxylic acids is 1. The van der Waals surface area contributed by atoms with Crippen molar-refractivity contribution in [3.05, 3.63) is 16.5 Å². The van der Waals surface area contributed by atoms with Crippen LogP contribution in [0.1, 0.15) is 31.3 Å². The van der Waals surface area contributed by atoms with Crippen LogP contribution in [-0.2, 0) is 10.0 Å². The molecule has 1 aromatic rings. The minimum absolute atomic E-state index is 0.0906. The average molecular weight is 354 g/mol. The smallest absolute Gasteiger partial charge is 0.371 e. The van der Waals surface area contributed by atoms with Crippen LogP contribution in [-0.4, -0.2) is 36.9 Å². The van der Waals surface area contributed by atoms with Crippen molar-refractivity contribution in [1.82, 2.24) is 4.31 Å². The van der Waals surface area contributed by atoms with Crippen LogP contribution in [0.5, 0.6) is 0 Å². The summed E-state index contributed by atoms with van der Waals surface area (Å²) < 4.78 is 30.9. The Kier molecular flexibility index (Phi) is 5.17. The summed E-state index contributed by atoms with van der Waals surface area (Å²) in [5.41, 5.74) is 0. The second-order valence-corrected chi connectivity index (χ2v) is 7.03. The van der Waals surface area contributed by atoms with Gasteiger partial charge < -0.3 is 9.52 Å². The van der Waals surface area contributed by atoms with Gasteiger partial charge in [0.05, 0.1) is 0 Å². The fourth-order valence-electron chi connectivity index (χ4n) is 1.58. The molecular weight excluding hydrogens is 338 g/mol. The summed E-state index contributed by atoms with van der Waals surface area (Å²) in [6, 6.07) is 1.02. The van der Waals surface area contributed by atoms with E-state index in [9.17, 15) is 13.2 Å². The Hall–Kier alpha value is -0.860. The zero-order chi connectivity index (χ0) is 14.8. The number of rotatable bonds is 6. The van der Waals surface area contributed by atoms with E-state index in [4.69, 9.17) is 9.52 Å². The molecule has 0 saturated heterocycles. The molecule has 0 radical (unpaired) electrons. The van der Waals surface area contributed by atoms with Gasteiger partial charge in [0, 0.05) is 19.2 Å². The number of hydrogen-bond donors (Lipinski definition) is 1. The normalized spacial score (nSPS) is 12.3. The molecule has 0 amide bonds. The highest BCUT2D eigenvalue weighted by atomic mass is 79.9. The molecule has 1 heterocycles. The molecule has 0 unspecified atom stereocenters. The van der Waals surface area contributed by atoms with Crippen molar-refractivity contribution in [3.63, 3.8) is 0 Å². The Morgan fingerprint density at radius 3 is 2.47 bits per heavy atom. The lowest BCUT2D eigenvalue weighted by Crippen LogP contribution is -2.34. The van der Waals surface area contributed by atoms with E-state index in [0.29, 0.717) is 13.1 Å². The van der Waals surface area contributed by atoms with E-state index >= 15 is 0 Å². The molecular formula is C11H16BrNO5S. The topological polar surface area (TPSA) is 87.8 Å². The van der Waals surface area contributed by atoms with E-state index in [2.05, 4.69) is 15.9 Å². The van der Waals surface area contributed by atoms with E-state index in [-0.39, 0.29) is 15.5 Å². The summed E-state index contributed by atoms with van der Waals surface area (Å²) in [5.74, 6) is -1.56. The Morgan fingerprint density at radius 2 is 2.11 bits per heavy atom. The molecule has 0 aliphatic carbocycles. The molecule has 1 N–H and O–H groups in total. The third-order valence-corrected chi connectivity index (χ3v) is 5.20. The number of nitrogens with zero attached hydrogens (tertiary/aromatic N) is 1. The molecule has 19 heavy (non-hydrogen) atoms. The third-order valence-electron chi connectivity index (χ3n) is 2.41. The number of hydrogen-bond acceptors (Lipinski definition) is 4. The van der Waals surface area contributed by atoms with Gasteiger partial charge in [-0.15, -0.1) is 0 Å². The number of halogens is 1. The monoisotopic (exact) mass is 353 g/mol. The van der Waals surface area contributed by atoms with Gasteiger partial charge in [0.1, 0.15) is 4.90 Å². The molecule has 6 nitrogen and oxygen atoms in total. The van der Waals surface area contributed by atoms with Crippen LogP contribution in [0, 0.1) is 5.92 Å². The van der Waals surface area contributed by atoms with Gasteiger partial charge in [-0.25, -0.2) is 13.2 Å². The second-order valence-electron chi connectivity index (χ2n) is 4.40. The van der Waals surface area contributed by atoms with E-state index in [1.165, 1.54) is 4.31 Å². The van der Waals surface area contributed by atoms with Crippen LogP contribution >= 0.6 is 15.9 Å². The molecule has 1 rings (SSSR count). The molecule has 0 fully saturated rings. The van der Waals surface area contributed by atoms with Crippen LogP contribution in [0.2, 0.25) is 0 Å². The molecule has 0 spiro atoms. The summed E-state index contributed by atoms with van der Waals surface area (Å²) in [5, 5.41) is 8.81. The lowest BCUT2D eigenvalue weighted by molar-refractivity contribution is 0.0661. The van der Waals surface area contributed by atoms with Crippen LogP contribution in [0.4, 0.5) is 0 Å². The Balaban J connectivity index is 3.22. The number of carboxylic acid groups (broad SMARTS) is 1. The molecule has 108 valence electrons. The largest absolute Gasteiger partial charge is 0.475 e. The van der Waals surface area contributed by atoms with Crippen LogP contribution in [0.3, 0.4) is 0 Å². The van der Waals surface area contributed by atoms with Crippen molar-refractivity contribution in [2.75, 3.05) is 13.1 Å². The summed E-state index contributed by atoms with van der Waals surface area (Å²) in [6.45, 7) is 6.21. The maximum Gasteiger partial charge on any atom is 0.371 e. The number of furan rings is 1. The van der Waals surface area contributed by atoms with Crippen molar-refractivity contribution < 1.29 is 22.7 Å². The summed E-state index contributed by atoms with van der Waals surface area (Å²) >= 11 is 2.95. The van der Waals surface area contributed by atoms with Crippen molar-refractivity contribution >= 4 is 31.9 Å². The molecule has 8 heteroatoms. The van der Waals surface area contributed by atoms with Gasteiger partial charge in [-0.2, -0.15) is 4.31 Å². The maximum absolute atomic E-state index is 12.4. The highest BCUT2D eigenvalue weighted by Crippen LogP contribution is 2.29. The first-order chi connectivity index (χ1) is 8.70. The fraction of sp³-hybridized carbons (Fsp3) is 0.545. The third kappa shape index (κ3) is 3.58. The van der Waals surface area contributed by atoms with Gasteiger partial charge in [-0.1, -0.05) is 20.8 Å². The van der Waals surface area contributed by atoms with Crippen molar-refractivity contribution in [2.45, 2.75) is 25.7 Å². The number of sulfonamides is 1. The highest BCUT2D eigenvalue weighted by Gasteiger charge is 2.30. The van der Waals surface area contributed by atoms with Crippen molar-refractivity contribution in [1.29, 1.82) is 0 Å². The molecule has 0 saturated carbocycles. The number of carboxylic acids is 1. The van der Waals surface area contributed by atoms with Gasteiger partial charge in [0.2, 0.25) is 15.8 Å². The van der Waals surface area contributed by atoms with Gasteiger partial charge >= 0.3 is 5.97 Å². The summed E-state index contributed by atoms with van der Waals surface area (Å²) in [4.78, 5) is 10.6. The summed E-state index contributed by atoms with van der Waals surface area (Å²) in [7, 11) is -3.76. The maximum atomic E-state index is 12.4. The molecule has 0 aliphatic rings. The quantitative estimate of drug-likeness (QED) is 0.848. The zero-order valence-electron chi connectivity index (χ0n) is 10.9. The first-order valence-corrected chi connectivity index (χ1v) is 7.96. The molecule has 0 bridgehead atoms. The highest BCUT2D eigenvalue weighted by molar-refractivity contribution is 9.10. The minimum Gasteiger partial charge on any atom is -0.475 e. The standard InChI is InChI=1S/C11H16BrNO5S/c1-4-13(6-7(2)3)19(16,17)9-5-8(11(14)15)18-10(9)12/h5,7H,4,6H2,1-3H3,(H,14,15). The van der Waals surface area contributed by atoms with Gasteiger partial charge in [0.25, 0.3) is 0 Å². The van der Waals surface area contributed by atoms with Crippen molar-refractivity contribution in [3.8, 4) is 0 Å². The Bertz CT molecular complexity index is 564. The average Bonchev–Trinajstić information content (AvgIpc) is 2.68. The van der Waals surface area contributed by atoms with Crippen molar-refractivity contribution in [2.24, 2.45) is 5.92 Å². The van der Waals surface area contributed by atoms with Crippen LogP contribution < -0.4 is 0 Å². The Morgan fingerprint density at radius 1 is 1.53 bits per heavy atom. The molecule has 0 atom stereocenters. The molecule has 1 aromatic heterocycles. The summed E-state index contributed by atoms with van der Waals surface area (Å²) in [6.07, 6.45) is 0. The van der Waals surface area contributed by atoms with E-state index in [1.54, 1.807) is 6.92 Å². The van der Waals surface area contributed by atoms with Gasteiger partial charge in [0.15, 0.2) is 4.67 Å². The second kappa shape index (κ2) is 6.06. The first kappa shape index (κ1) is 16.2. The van der Waals surface area contributed by atoms with E-state index < -0.39 is 21.8 Å². The Labute approximate surface area is 120 Å². The lowest BCUT2D eigenvalue weighted by atomic mass is 10.2. The van der Waals surface area contributed by atoms with E-state index in [1.807, 2.05) is 13.8 Å². The molecule has 0 aliphatic heterocycles. The van der Waals surface area contributed by atoms with E-state index in [0.717, 1.165) is 6.07 Å². The van der Waals surface area contributed by atoms with Crippen LogP contribution in [0.25, 0.3) is 0 Å². The fourth-order valence-corrected chi connectivity index (χ4v) is 4.09. The number of carbonyl (C=O) groups is 1. The lowest BCUT2D eigenvalue weighted by Gasteiger charge is -2.21. The predicted octanol–water partition coefficient (Wildman–Crippen LogP) is 2.41. The molecule has 0 aromatic carbocycles. The minimum atomic E-state index is -3.76. The zero-order valence-corrected chi connectivity index (χ0v) is 13.3. The van der Waals surface area contributed by atoms with Gasteiger partial charge in [-0.05, 0) is 21.8 Å². The van der Waals surface area contributed by atoms with Crippen LogP contribution in [0.15, 0.2) is 20.0 Å². The SMILES string of the molecule is CCN(CC(C)C)S(=O)(=O)c1cc(C(=O)O)oc1Br. The first-order valence-electron chi connectivity index (χ1n) is 5.72. The van der Waals surface area contributed by atoms with Gasteiger partial charge in [-0.3, -0.25) is 0 Å². The predicted molar refractivity (Wildman–Crippen MR) is 72.6 cm³/mol.